The Labute approximate surface area is 93.3 Å². The summed E-state index contributed by atoms with van der Waals surface area (Å²) in [5.74, 6) is -0.479. The Morgan fingerprint density at radius 2 is 2.12 bits per heavy atom. The Hall–Kier alpha value is -1.68. The van der Waals surface area contributed by atoms with E-state index in [2.05, 4.69) is 10.9 Å². The molecule has 0 atom stereocenters. The fourth-order valence-electron chi connectivity index (χ4n) is 1.64. The number of hydrogen-bond acceptors (Lipinski definition) is 2. The minimum absolute atomic E-state index is 0.172. The van der Waals surface area contributed by atoms with Crippen LogP contribution in [-0.4, -0.2) is 11.4 Å². The van der Waals surface area contributed by atoms with Crippen molar-refractivity contribution in [3.8, 4) is 0 Å². The summed E-state index contributed by atoms with van der Waals surface area (Å²) in [5, 5.41) is 0. The predicted molar refractivity (Wildman–Crippen MR) is 59.7 cm³/mol. The van der Waals surface area contributed by atoms with Crippen LogP contribution in [0.4, 0.5) is 4.39 Å². The van der Waals surface area contributed by atoms with E-state index in [4.69, 9.17) is 0 Å². The zero-order valence-electron chi connectivity index (χ0n) is 9.17. The summed E-state index contributed by atoms with van der Waals surface area (Å²) in [7, 11) is 0. The number of carbonyl (C=O) groups is 1. The van der Waals surface area contributed by atoms with E-state index in [1.165, 1.54) is 12.1 Å². The fourth-order valence-corrected chi connectivity index (χ4v) is 1.64. The van der Waals surface area contributed by atoms with Gasteiger partial charge in [-0.3, -0.25) is 10.2 Å². The van der Waals surface area contributed by atoms with Crippen molar-refractivity contribution < 1.29 is 9.18 Å². The van der Waals surface area contributed by atoms with Crippen molar-refractivity contribution in [2.75, 3.05) is 0 Å². The zero-order chi connectivity index (χ0) is 11.8. The normalized spacial score (nSPS) is 21.2. The molecule has 1 amide bonds. The summed E-state index contributed by atoms with van der Waals surface area (Å²) in [6.07, 6.45) is 1.69. The molecular formula is C12H13FN2O. The summed E-state index contributed by atoms with van der Waals surface area (Å²) in [5.41, 5.74) is 6.25. The number of halogens is 1. The van der Waals surface area contributed by atoms with Gasteiger partial charge >= 0.3 is 0 Å². The monoisotopic (exact) mass is 220 g/mol. The molecule has 1 aliphatic rings. The molecular weight excluding hydrogens is 207 g/mol. The number of hydrazine groups is 1. The van der Waals surface area contributed by atoms with Crippen molar-refractivity contribution in [2.45, 2.75) is 19.4 Å². The Balaban J connectivity index is 2.40. The highest BCUT2D eigenvalue weighted by Gasteiger charge is 2.34. The minimum Gasteiger partial charge on any atom is -0.287 e. The van der Waals surface area contributed by atoms with Crippen LogP contribution < -0.4 is 10.9 Å². The topological polar surface area (TPSA) is 41.1 Å². The van der Waals surface area contributed by atoms with E-state index >= 15 is 0 Å². The smallest absolute Gasteiger partial charge is 0.263 e. The van der Waals surface area contributed by atoms with Gasteiger partial charge in [0, 0.05) is 5.57 Å². The fraction of sp³-hybridized carbons (Fsp3) is 0.250. The predicted octanol–water partition coefficient (Wildman–Crippen LogP) is 1.62. The number of amides is 1. The van der Waals surface area contributed by atoms with Gasteiger partial charge in [0.25, 0.3) is 5.91 Å². The SMILES string of the molecule is CC1(C)NNC(=O)/C1=C\c1cccc(F)c1. The van der Waals surface area contributed by atoms with Crippen molar-refractivity contribution in [1.29, 1.82) is 0 Å². The van der Waals surface area contributed by atoms with Crippen molar-refractivity contribution in [3.63, 3.8) is 0 Å². The second-order valence-electron chi connectivity index (χ2n) is 4.32. The molecule has 1 aromatic carbocycles. The van der Waals surface area contributed by atoms with Gasteiger partial charge in [-0.05, 0) is 37.6 Å². The van der Waals surface area contributed by atoms with Crippen LogP contribution in [0.3, 0.4) is 0 Å². The van der Waals surface area contributed by atoms with Crippen molar-refractivity contribution >= 4 is 12.0 Å². The van der Waals surface area contributed by atoms with Crippen LogP contribution in [0.2, 0.25) is 0 Å². The van der Waals surface area contributed by atoms with E-state index in [1.54, 1.807) is 18.2 Å². The van der Waals surface area contributed by atoms with Gasteiger partial charge in [0.15, 0.2) is 0 Å². The third-order valence-electron chi connectivity index (χ3n) is 2.57. The van der Waals surface area contributed by atoms with Crippen LogP contribution in [0, 0.1) is 5.82 Å². The summed E-state index contributed by atoms with van der Waals surface area (Å²) in [6.45, 7) is 3.77. The molecule has 0 aromatic heterocycles. The van der Waals surface area contributed by atoms with E-state index in [-0.39, 0.29) is 11.7 Å². The van der Waals surface area contributed by atoms with Gasteiger partial charge in [0.05, 0.1) is 5.54 Å². The van der Waals surface area contributed by atoms with E-state index in [0.717, 1.165) is 0 Å². The highest BCUT2D eigenvalue weighted by atomic mass is 19.1. The standard InChI is InChI=1S/C12H13FN2O/c1-12(2)10(11(16)14-15-12)7-8-4-3-5-9(13)6-8/h3-7,15H,1-2H3,(H,14,16)/b10-7+. The second-order valence-corrected chi connectivity index (χ2v) is 4.32. The van der Waals surface area contributed by atoms with Gasteiger partial charge in [-0.1, -0.05) is 12.1 Å². The molecule has 1 aliphatic heterocycles. The third kappa shape index (κ3) is 1.97. The molecule has 0 spiro atoms. The van der Waals surface area contributed by atoms with Crippen LogP contribution >= 0.6 is 0 Å². The van der Waals surface area contributed by atoms with Crippen LogP contribution in [0.25, 0.3) is 6.08 Å². The largest absolute Gasteiger partial charge is 0.287 e. The molecule has 3 nitrogen and oxygen atoms in total. The molecule has 0 unspecified atom stereocenters. The first-order valence-corrected chi connectivity index (χ1v) is 5.04. The van der Waals surface area contributed by atoms with Crippen LogP contribution in [-0.2, 0) is 4.79 Å². The number of benzene rings is 1. The molecule has 1 fully saturated rings. The average molecular weight is 220 g/mol. The van der Waals surface area contributed by atoms with Gasteiger partial charge in [0.1, 0.15) is 5.82 Å². The lowest BCUT2D eigenvalue weighted by Crippen LogP contribution is -2.38. The molecule has 1 saturated heterocycles. The molecule has 2 N–H and O–H groups in total. The Kier molecular flexibility index (Phi) is 2.52. The van der Waals surface area contributed by atoms with E-state index in [9.17, 15) is 9.18 Å². The van der Waals surface area contributed by atoms with Crippen LogP contribution in [0.15, 0.2) is 29.8 Å². The van der Waals surface area contributed by atoms with Crippen LogP contribution in [0.1, 0.15) is 19.4 Å². The molecule has 0 bridgehead atoms. The first-order valence-electron chi connectivity index (χ1n) is 5.04. The lowest BCUT2D eigenvalue weighted by Gasteiger charge is -2.16. The first-order chi connectivity index (χ1) is 7.49. The molecule has 4 heteroatoms. The van der Waals surface area contributed by atoms with E-state index < -0.39 is 5.54 Å². The zero-order valence-corrected chi connectivity index (χ0v) is 9.17. The van der Waals surface area contributed by atoms with Gasteiger partial charge in [0.2, 0.25) is 0 Å². The average Bonchev–Trinajstić information content (AvgIpc) is 2.45. The quantitative estimate of drug-likeness (QED) is 0.706. The molecule has 0 aliphatic carbocycles. The maximum Gasteiger partial charge on any atom is 0.263 e. The maximum atomic E-state index is 13.0. The lowest BCUT2D eigenvalue weighted by atomic mass is 9.94. The number of nitrogens with one attached hydrogen (secondary N) is 2. The minimum atomic E-state index is -0.441. The van der Waals surface area contributed by atoms with Gasteiger partial charge < -0.3 is 0 Å². The maximum absolute atomic E-state index is 13.0. The molecule has 1 aromatic rings. The van der Waals surface area contributed by atoms with E-state index in [1.807, 2.05) is 13.8 Å². The molecule has 2 rings (SSSR count). The van der Waals surface area contributed by atoms with Crippen molar-refractivity contribution in [2.24, 2.45) is 0 Å². The highest BCUT2D eigenvalue weighted by molar-refractivity contribution is 6.01. The summed E-state index contributed by atoms with van der Waals surface area (Å²) < 4.78 is 13.0. The summed E-state index contributed by atoms with van der Waals surface area (Å²) >= 11 is 0. The summed E-state index contributed by atoms with van der Waals surface area (Å²) in [6, 6.07) is 6.15. The molecule has 16 heavy (non-hydrogen) atoms. The van der Waals surface area contributed by atoms with Gasteiger partial charge in [-0.2, -0.15) is 0 Å². The molecule has 0 radical (unpaired) electrons. The Morgan fingerprint density at radius 1 is 1.38 bits per heavy atom. The third-order valence-corrected chi connectivity index (χ3v) is 2.57. The van der Waals surface area contributed by atoms with E-state index in [0.29, 0.717) is 11.1 Å². The van der Waals surface area contributed by atoms with Crippen LogP contribution in [0.5, 0.6) is 0 Å². The number of rotatable bonds is 1. The molecule has 0 saturated carbocycles. The molecule has 1 heterocycles. The number of hydrogen-bond donors (Lipinski definition) is 2. The van der Waals surface area contributed by atoms with Crippen molar-refractivity contribution in [3.05, 3.63) is 41.2 Å². The van der Waals surface area contributed by atoms with Gasteiger partial charge in [-0.25, -0.2) is 9.82 Å². The molecule has 84 valence electrons. The Bertz CT molecular complexity index is 466. The van der Waals surface area contributed by atoms with Gasteiger partial charge in [-0.15, -0.1) is 0 Å². The summed E-state index contributed by atoms with van der Waals surface area (Å²) in [4.78, 5) is 11.5. The second kappa shape index (κ2) is 3.72. The number of carbonyl (C=O) groups excluding carboxylic acids is 1. The van der Waals surface area contributed by atoms with Crippen molar-refractivity contribution in [1.82, 2.24) is 10.9 Å². The Morgan fingerprint density at radius 3 is 2.69 bits per heavy atom. The highest BCUT2D eigenvalue weighted by Crippen LogP contribution is 2.22. The lowest BCUT2D eigenvalue weighted by molar-refractivity contribution is -0.116. The first kappa shape index (κ1) is 10.8.